The summed E-state index contributed by atoms with van der Waals surface area (Å²) in [4.78, 5) is 12.4. The molecule has 3 rings (SSSR count). The monoisotopic (exact) mass is 230 g/mol. The Bertz CT molecular complexity index is 476. The van der Waals surface area contributed by atoms with E-state index in [1.165, 1.54) is 5.56 Å². The van der Waals surface area contributed by atoms with E-state index in [2.05, 4.69) is 26.8 Å². The van der Waals surface area contributed by atoms with Crippen LogP contribution in [0.25, 0.3) is 0 Å². The molecule has 90 valence electrons. The average Bonchev–Trinajstić information content (AvgIpc) is 2.53. The van der Waals surface area contributed by atoms with Gasteiger partial charge in [-0.25, -0.2) is 0 Å². The highest BCUT2D eigenvalue weighted by molar-refractivity contribution is 6.02. The fourth-order valence-corrected chi connectivity index (χ4v) is 3.13. The van der Waals surface area contributed by atoms with Crippen LogP contribution in [-0.4, -0.2) is 18.0 Å². The van der Waals surface area contributed by atoms with E-state index < -0.39 is 0 Å². The van der Waals surface area contributed by atoms with Crippen molar-refractivity contribution < 1.29 is 9.53 Å². The largest absolute Gasteiger partial charge is 0.366 e. The predicted octanol–water partition coefficient (Wildman–Crippen LogP) is 2.86. The minimum Gasteiger partial charge on any atom is -0.366 e. The maximum absolute atomic E-state index is 12.4. The molecule has 1 aromatic rings. The summed E-state index contributed by atoms with van der Waals surface area (Å²) in [7, 11) is 0. The zero-order valence-electron chi connectivity index (χ0n) is 10.6. The SMILES string of the molecule is C[C@H]1O[C@@H]2C(=O)c3ccccc3C[C@H]2C1(C)C. The normalized spacial score (nSPS) is 34.3. The van der Waals surface area contributed by atoms with Gasteiger partial charge in [0.05, 0.1) is 6.10 Å². The molecule has 0 radical (unpaired) electrons. The lowest BCUT2D eigenvalue weighted by Gasteiger charge is -2.33. The van der Waals surface area contributed by atoms with Crippen molar-refractivity contribution in [3.8, 4) is 0 Å². The van der Waals surface area contributed by atoms with Gasteiger partial charge in [-0.1, -0.05) is 38.1 Å². The zero-order chi connectivity index (χ0) is 12.2. The number of hydrogen-bond donors (Lipinski definition) is 0. The molecule has 1 aliphatic heterocycles. The molecule has 1 saturated heterocycles. The van der Waals surface area contributed by atoms with Crippen molar-refractivity contribution >= 4 is 5.78 Å². The van der Waals surface area contributed by atoms with Crippen molar-refractivity contribution in [1.82, 2.24) is 0 Å². The van der Waals surface area contributed by atoms with E-state index >= 15 is 0 Å². The quantitative estimate of drug-likeness (QED) is 0.685. The summed E-state index contributed by atoms with van der Waals surface area (Å²) in [5, 5.41) is 0. The van der Waals surface area contributed by atoms with Crippen molar-refractivity contribution in [3.63, 3.8) is 0 Å². The first-order valence-electron chi connectivity index (χ1n) is 6.29. The Morgan fingerprint density at radius 1 is 1.29 bits per heavy atom. The maximum atomic E-state index is 12.4. The lowest BCUT2D eigenvalue weighted by Crippen LogP contribution is -2.38. The van der Waals surface area contributed by atoms with Gasteiger partial charge < -0.3 is 4.74 Å². The molecule has 0 saturated carbocycles. The Morgan fingerprint density at radius 2 is 2.00 bits per heavy atom. The molecule has 0 unspecified atom stereocenters. The summed E-state index contributed by atoms with van der Waals surface area (Å²) in [6, 6.07) is 7.94. The predicted molar refractivity (Wildman–Crippen MR) is 66.1 cm³/mol. The molecule has 2 aliphatic rings. The maximum Gasteiger partial charge on any atom is 0.192 e. The average molecular weight is 230 g/mol. The van der Waals surface area contributed by atoms with Crippen LogP contribution in [0, 0.1) is 11.3 Å². The molecular formula is C15H18O2. The van der Waals surface area contributed by atoms with E-state index in [1.54, 1.807) is 0 Å². The standard InChI is InChI=1S/C15H18O2/c1-9-15(2,3)12-8-10-6-4-5-7-11(10)13(16)14(12)17-9/h4-7,9,12,14H,8H2,1-3H3/t9-,12-,14+/m1/s1. The third-order valence-corrected chi connectivity index (χ3v) is 4.70. The number of rotatable bonds is 0. The molecule has 1 heterocycles. The second kappa shape index (κ2) is 3.42. The zero-order valence-corrected chi connectivity index (χ0v) is 10.6. The summed E-state index contributed by atoms with van der Waals surface area (Å²) in [6.45, 7) is 6.50. The van der Waals surface area contributed by atoms with Crippen LogP contribution < -0.4 is 0 Å². The van der Waals surface area contributed by atoms with E-state index in [4.69, 9.17) is 4.74 Å². The summed E-state index contributed by atoms with van der Waals surface area (Å²) >= 11 is 0. The van der Waals surface area contributed by atoms with Gasteiger partial charge in [0.1, 0.15) is 6.10 Å². The Kier molecular flexibility index (Phi) is 2.21. The van der Waals surface area contributed by atoms with E-state index in [0.717, 1.165) is 12.0 Å². The van der Waals surface area contributed by atoms with Crippen molar-refractivity contribution in [3.05, 3.63) is 35.4 Å². The van der Waals surface area contributed by atoms with Gasteiger partial charge >= 0.3 is 0 Å². The van der Waals surface area contributed by atoms with Gasteiger partial charge in [0.2, 0.25) is 0 Å². The second-order valence-electron chi connectivity index (χ2n) is 5.85. The van der Waals surface area contributed by atoms with Crippen LogP contribution in [0.1, 0.15) is 36.7 Å². The highest BCUT2D eigenvalue weighted by Crippen LogP contribution is 2.48. The summed E-state index contributed by atoms with van der Waals surface area (Å²) in [5.74, 6) is 0.495. The topological polar surface area (TPSA) is 26.3 Å². The van der Waals surface area contributed by atoms with Crippen LogP contribution in [0.15, 0.2) is 24.3 Å². The lowest BCUT2D eigenvalue weighted by atomic mass is 9.68. The van der Waals surface area contributed by atoms with Gasteiger partial charge in [-0.3, -0.25) is 4.79 Å². The number of benzene rings is 1. The molecule has 0 bridgehead atoms. The van der Waals surface area contributed by atoms with Crippen LogP contribution in [0.3, 0.4) is 0 Å². The number of fused-ring (bicyclic) bond motifs is 2. The molecular weight excluding hydrogens is 212 g/mol. The molecule has 0 spiro atoms. The first kappa shape index (κ1) is 11.0. The highest BCUT2D eigenvalue weighted by atomic mass is 16.5. The Balaban J connectivity index is 2.07. The van der Waals surface area contributed by atoms with E-state index in [0.29, 0.717) is 5.92 Å². The number of Topliss-reactive ketones (excluding diaryl/α,β-unsaturated/α-hetero) is 1. The van der Waals surface area contributed by atoms with E-state index in [9.17, 15) is 4.79 Å². The minimum atomic E-state index is -0.227. The number of ether oxygens (including phenoxy) is 1. The van der Waals surface area contributed by atoms with Crippen molar-refractivity contribution in [2.75, 3.05) is 0 Å². The number of carbonyl (C=O) groups excluding carboxylic acids is 1. The Morgan fingerprint density at radius 3 is 2.76 bits per heavy atom. The summed E-state index contributed by atoms with van der Waals surface area (Å²) in [6.07, 6.45) is 0.884. The minimum absolute atomic E-state index is 0.0772. The molecule has 3 atom stereocenters. The van der Waals surface area contributed by atoms with Crippen molar-refractivity contribution in [2.24, 2.45) is 11.3 Å². The van der Waals surface area contributed by atoms with Gasteiger partial charge in [-0.05, 0) is 24.3 Å². The molecule has 1 fully saturated rings. The third kappa shape index (κ3) is 1.40. The third-order valence-electron chi connectivity index (χ3n) is 4.70. The van der Waals surface area contributed by atoms with Gasteiger partial charge in [-0.15, -0.1) is 0 Å². The molecule has 0 aromatic heterocycles. The smallest absolute Gasteiger partial charge is 0.192 e. The number of hydrogen-bond acceptors (Lipinski definition) is 2. The Hall–Kier alpha value is -1.15. The molecule has 2 nitrogen and oxygen atoms in total. The highest BCUT2D eigenvalue weighted by Gasteiger charge is 2.53. The van der Waals surface area contributed by atoms with Crippen molar-refractivity contribution in [1.29, 1.82) is 0 Å². The molecule has 17 heavy (non-hydrogen) atoms. The van der Waals surface area contributed by atoms with Gasteiger partial charge in [0.25, 0.3) is 0 Å². The molecule has 0 N–H and O–H groups in total. The molecule has 0 amide bonds. The van der Waals surface area contributed by atoms with Gasteiger partial charge in [0, 0.05) is 11.5 Å². The molecule has 1 aromatic carbocycles. The second-order valence-corrected chi connectivity index (χ2v) is 5.85. The fraction of sp³-hybridized carbons (Fsp3) is 0.533. The summed E-state index contributed by atoms with van der Waals surface area (Å²) < 4.78 is 5.90. The van der Waals surface area contributed by atoms with Crippen molar-refractivity contribution in [2.45, 2.75) is 39.4 Å². The molecule has 1 aliphatic carbocycles. The molecule has 2 heteroatoms. The summed E-state index contributed by atoms with van der Waals surface area (Å²) in [5.41, 5.74) is 2.12. The first-order chi connectivity index (χ1) is 8.01. The van der Waals surface area contributed by atoms with Gasteiger partial charge in [0.15, 0.2) is 5.78 Å². The Labute approximate surface area is 102 Å². The van der Waals surface area contributed by atoms with Crippen LogP contribution in [0.5, 0.6) is 0 Å². The number of ketones is 1. The van der Waals surface area contributed by atoms with Crippen LogP contribution in [0.2, 0.25) is 0 Å². The first-order valence-corrected chi connectivity index (χ1v) is 6.29. The van der Waals surface area contributed by atoms with E-state index in [-0.39, 0.29) is 23.4 Å². The fourth-order valence-electron chi connectivity index (χ4n) is 3.13. The number of carbonyl (C=O) groups is 1. The van der Waals surface area contributed by atoms with Crippen LogP contribution in [0.4, 0.5) is 0 Å². The van der Waals surface area contributed by atoms with Crippen LogP contribution >= 0.6 is 0 Å². The lowest BCUT2D eigenvalue weighted by molar-refractivity contribution is 0.0272. The van der Waals surface area contributed by atoms with Gasteiger partial charge in [-0.2, -0.15) is 0 Å². The van der Waals surface area contributed by atoms with E-state index in [1.807, 2.05) is 18.2 Å². The van der Waals surface area contributed by atoms with Crippen LogP contribution in [-0.2, 0) is 11.2 Å².